The van der Waals surface area contributed by atoms with Gasteiger partial charge in [-0.25, -0.2) is 4.79 Å². The van der Waals surface area contributed by atoms with Gasteiger partial charge in [-0.15, -0.1) is 0 Å². The minimum absolute atomic E-state index is 0.00212. The zero-order valence-corrected chi connectivity index (χ0v) is 19.3. The van der Waals surface area contributed by atoms with Gasteiger partial charge < -0.3 is 37.0 Å². The zero-order valence-electron chi connectivity index (χ0n) is 18.5. The largest absolute Gasteiger partial charge is 0.481 e. The van der Waals surface area contributed by atoms with Crippen LogP contribution in [0.5, 0.6) is 0 Å². The van der Waals surface area contributed by atoms with Gasteiger partial charge in [-0.1, -0.05) is 13.8 Å². The number of thioether (sulfide) groups is 1. The molecule has 0 aliphatic rings. The fourth-order valence-corrected chi connectivity index (χ4v) is 3.11. The van der Waals surface area contributed by atoms with Crippen LogP contribution in [0.3, 0.4) is 0 Å². The van der Waals surface area contributed by atoms with Crippen molar-refractivity contribution in [3.8, 4) is 0 Å². The number of carboxylic acid groups (broad SMARTS) is 2. The lowest BCUT2D eigenvalue weighted by Crippen LogP contribution is -2.58. The van der Waals surface area contributed by atoms with Gasteiger partial charge in [0.05, 0.1) is 12.6 Å². The lowest BCUT2D eigenvalue weighted by Gasteiger charge is -2.25. The molecule has 8 N–H and O–H groups in total. The Kier molecular flexibility index (Phi) is 14.3. The number of aliphatic carboxylic acids is 2. The van der Waals surface area contributed by atoms with Gasteiger partial charge in [-0.05, 0) is 37.2 Å². The predicted octanol–water partition coefficient (Wildman–Crippen LogP) is -1.49. The molecule has 0 aliphatic heterocycles. The van der Waals surface area contributed by atoms with Crippen molar-refractivity contribution >= 4 is 41.4 Å². The van der Waals surface area contributed by atoms with Crippen molar-refractivity contribution in [2.45, 2.75) is 63.7 Å². The predicted molar refractivity (Wildman–Crippen MR) is 118 cm³/mol. The molecule has 0 bridgehead atoms. The van der Waals surface area contributed by atoms with Crippen LogP contribution >= 0.6 is 11.8 Å². The summed E-state index contributed by atoms with van der Waals surface area (Å²) in [6, 6.07) is -4.84. The molecule has 0 aromatic carbocycles. The summed E-state index contributed by atoms with van der Waals surface area (Å²) in [6.07, 6.45) is 1.66. The molecule has 0 rings (SSSR count). The zero-order chi connectivity index (χ0) is 24.8. The number of amides is 3. The summed E-state index contributed by atoms with van der Waals surface area (Å²) in [5, 5.41) is 34.3. The summed E-state index contributed by atoms with van der Waals surface area (Å²) in [5.74, 6) is -4.28. The van der Waals surface area contributed by atoms with E-state index >= 15 is 0 Å². The Bertz CT molecular complexity index is 661. The van der Waals surface area contributed by atoms with Gasteiger partial charge in [0, 0.05) is 6.42 Å². The second kappa shape index (κ2) is 15.4. The van der Waals surface area contributed by atoms with Crippen LogP contribution in [-0.2, 0) is 24.0 Å². The number of carbonyl (C=O) groups excluding carboxylic acids is 3. The maximum Gasteiger partial charge on any atom is 0.326 e. The lowest BCUT2D eigenvalue weighted by molar-refractivity contribution is -0.143. The number of aliphatic hydroxyl groups is 1. The molecular weight excluding hydrogens is 444 g/mol. The number of carboxylic acids is 2. The van der Waals surface area contributed by atoms with E-state index in [1.165, 1.54) is 11.8 Å². The molecule has 0 fully saturated rings. The van der Waals surface area contributed by atoms with E-state index in [9.17, 15) is 29.1 Å². The van der Waals surface area contributed by atoms with Gasteiger partial charge in [0.1, 0.15) is 18.1 Å². The Hall–Kier alpha value is -2.38. The van der Waals surface area contributed by atoms with Crippen LogP contribution in [-0.4, -0.2) is 87.8 Å². The molecule has 0 aromatic rings. The fourth-order valence-electron chi connectivity index (χ4n) is 2.62. The third-order valence-corrected chi connectivity index (χ3v) is 5.03. The monoisotopic (exact) mass is 478 g/mol. The van der Waals surface area contributed by atoms with Crippen LogP contribution in [0.4, 0.5) is 0 Å². The van der Waals surface area contributed by atoms with Gasteiger partial charge >= 0.3 is 11.9 Å². The normalized spacial score (nSPS) is 14.7. The molecule has 184 valence electrons. The van der Waals surface area contributed by atoms with E-state index in [-0.39, 0.29) is 18.8 Å². The number of nitrogens with two attached hydrogens (primary N) is 1. The second-order valence-electron chi connectivity index (χ2n) is 7.65. The Morgan fingerprint density at radius 3 is 1.88 bits per heavy atom. The maximum absolute atomic E-state index is 12.7. The molecule has 3 amide bonds. The first-order valence-corrected chi connectivity index (χ1v) is 11.5. The van der Waals surface area contributed by atoms with Crippen molar-refractivity contribution in [1.82, 2.24) is 16.0 Å². The average Bonchev–Trinajstić information content (AvgIpc) is 2.71. The van der Waals surface area contributed by atoms with Crippen LogP contribution in [0, 0.1) is 5.92 Å². The molecule has 4 atom stereocenters. The van der Waals surface area contributed by atoms with Crippen molar-refractivity contribution < 1.29 is 39.3 Å². The minimum Gasteiger partial charge on any atom is -0.481 e. The quantitative estimate of drug-likeness (QED) is 0.137. The number of carbonyl (C=O) groups is 5. The smallest absolute Gasteiger partial charge is 0.326 e. The number of hydrogen-bond donors (Lipinski definition) is 7. The van der Waals surface area contributed by atoms with E-state index in [1.54, 1.807) is 0 Å². The molecule has 0 aromatic heterocycles. The van der Waals surface area contributed by atoms with Gasteiger partial charge in [-0.2, -0.15) is 11.8 Å². The van der Waals surface area contributed by atoms with E-state index in [4.69, 9.17) is 15.9 Å². The SMILES string of the molecule is CSCCC(N)C(=O)NC(CC(C)C)C(=O)NC(CO)C(=O)NC(CCC(=O)O)C(=O)O. The van der Waals surface area contributed by atoms with Crippen molar-refractivity contribution in [3.05, 3.63) is 0 Å². The highest BCUT2D eigenvalue weighted by Crippen LogP contribution is 2.07. The lowest BCUT2D eigenvalue weighted by atomic mass is 10.0. The van der Waals surface area contributed by atoms with Crippen molar-refractivity contribution in [3.63, 3.8) is 0 Å². The molecule has 0 aliphatic carbocycles. The highest BCUT2D eigenvalue weighted by molar-refractivity contribution is 7.98. The third-order valence-electron chi connectivity index (χ3n) is 4.39. The standard InChI is InChI=1S/C19H34N4O8S/c1-10(2)8-13(22-16(27)11(20)6-7-32-3)17(28)23-14(9-24)18(29)21-12(19(30)31)4-5-15(25)26/h10-14,24H,4-9,20H2,1-3H3,(H,21,29)(H,22,27)(H,23,28)(H,25,26)(H,30,31). The van der Waals surface area contributed by atoms with Gasteiger partial charge in [0.15, 0.2) is 0 Å². The molecule has 4 unspecified atom stereocenters. The summed E-state index contributed by atoms with van der Waals surface area (Å²) in [4.78, 5) is 59.3. The Balaban J connectivity index is 5.19. The van der Waals surface area contributed by atoms with Crippen LogP contribution < -0.4 is 21.7 Å². The summed E-state index contributed by atoms with van der Waals surface area (Å²) in [7, 11) is 0. The van der Waals surface area contributed by atoms with Crippen LogP contribution in [0.1, 0.15) is 39.5 Å². The topological polar surface area (TPSA) is 208 Å². The average molecular weight is 479 g/mol. The summed E-state index contributed by atoms with van der Waals surface area (Å²) in [5.41, 5.74) is 5.83. The second-order valence-corrected chi connectivity index (χ2v) is 8.64. The highest BCUT2D eigenvalue weighted by atomic mass is 32.2. The molecule has 32 heavy (non-hydrogen) atoms. The Morgan fingerprint density at radius 1 is 0.875 bits per heavy atom. The van der Waals surface area contributed by atoms with Crippen LogP contribution in [0.15, 0.2) is 0 Å². The first kappa shape index (κ1) is 29.6. The van der Waals surface area contributed by atoms with Gasteiger partial charge in [0.2, 0.25) is 17.7 Å². The molecule has 13 heteroatoms. The summed E-state index contributed by atoms with van der Waals surface area (Å²) >= 11 is 1.52. The number of aliphatic hydroxyl groups excluding tert-OH is 1. The van der Waals surface area contributed by atoms with Crippen molar-refractivity contribution in [2.24, 2.45) is 11.7 Å². The van der Waals surface area contributed by atoms with E-state index in [1.807, 2.05) is 20.1 Å². The molecule has 0 saturated carbocycles. The Morgan fingerprint density at radius 2 is 1.41 bits per heavy atom. The van der Waals surface area contributed by atoms with Gasteiger partial charge in [0.25, 0.3) is 0 Å². The maximum atomic E-state index is 12.7. The minimum atomic E-state index is -1.51. The molecule has 0 saturated heterocycles. The molecule has 12 nitrogen and oxygen atoms in total. The van der Waals surface area contributed by atoms with E-state index in [0.29, 0.717) is 12.2 Å². The van der Waals surface area contributed by atoms with Crippen LogP contribution in [0.25, 0.3) is 0 Å². The Labute approximate surface area is 191 Å². The fraction of sp³-hybridized carbons (Fsp3) is 0.737. The van der Waals surface area contributed by atoms with E-state index in [0.717, 1.165) is 0 Å². The van der Waals surface area contributed by atoms with Crippen molar-refractivity contribution in [2.75, 3.05) is 18.6 Å². The number of rotatable bonds is 16. The third kappa shape index (κ3) is 11.9. The van der Waals surface area contributed by atoms with Crippen LogP contribution in [0.2, 0.25) is 0 Å². The van der Waals surface area contributed by atoms with E-state index in [2.05, 4.69) is 16.0 Å². The number of hydrogen-bond acceptors (Lipinski definition) is 8. The number of nitrogens with one attached hydrogen (secondary N) is 3. The van der Waals surface area contributed by atoms with Gasteiger partial charge in [-0.3, -0.25) is 19.2 Å². The molecular formula is C19H34N4O8S. The summed E-state index contributed by atoms with van der Waals surface area (Å²) in [6.45, 7) is 2.82. The highest BCUT2D eigenvalue weighted by Gasteiger charge is 2.30. The first-order valence-electron chi connectivity index (χ1n) is 10.1. The summed E-state index contributed by atoms with van der Waals surface area (Å²) < 4.78 is 0. The first-order chi connectivity index (χ1) is 14.9. The van der Waals surface area contributed by atoms with E-state index < -0.39 is 66.9 Å². The molecule has 0 heterocycles. The molecule has 0 radical (unpaired) electrons. The van der Waals surface area contributed by atoms with Crippen molar-refractivity contribution in [1.29, 1.82) is 0 Å². The molecule has 0 spiro atoms.